The van der Waals surface area contributed by atoms with Crippen LogP contribution in [-0.2, 0) is 0 Å². The number of hydrogen-bond acceptors (Lipinski definition) is 4. The Balaban J connectivity index is 2.73. The molecule has 0 spiro atoms. The number of aliphatic hydroxyl groups is 2. The van der Waals surface area contributed by atoms with Gasteiger partial charge in [0.15, 0.2) is 0 Å². The highest BCUT2D eigenvalue weighted by Crippen LogP contribution is 2.12. The van der Waals surface area contributed by atoms with Gasteiger partial charge in [0.25, 0.3) is 5.91 Å². The standard InChI is InChI=1S/C9H11BrN2O3/c10-8-7(2-1-3-11-8)9(15)12-6(4-13)5-14/h1-3,6,13-14H,4-5H2,(H,12,15). The molecule has 1 aromatic heterocycles. The van der Waals surface area contributed by atoms with Crippen LogP contribution in [-0.4, -0.2) is 40.4 Å². The first-order valence-corrected chi connectivity index (χ1v) is 5.11. The quantitative estimate of drug-likeness (QED) is 0.672. The number of halogens is 1. The molecule has 0 aliphatic carbocycles. The number of aliphatic hydroxyl groups excluding tert-OH is 2. The van der Waals surface area contributed by atoms with Crippen molar-refractivity contribution in [1.82, 2.24) is 10.3 Å². The van der Waals surface area contributed by atoms with Gasteiger partial charge in [0.05, 0.1) is 24.8 Å². The smallest absolute Gasteiger partial charge is 0.254 e. The highest BCUT2D eigenvalue weighted by Gasteiger charge is 2.14. The van der Waals surface area contributed by atoms with Gasteiger partial charge in [0.1, 0.15) is 4.60 Å². The van der Waals surface area contributed by atoms with E-state index in [1.165, 1.54) is 0 Å². The van der Waals surface area contributed by atoms with Crippen LogP contribution in [0.5, 0.6) is 0 Å². The zero-order chi connectivity index (χ0) is 11.3. The summed E-state index contributed by atoms with van der Waals surface area (Å²) in [4.78, 5) is 15.5. The second-order valence-electron chi connectivity index (χ2n) is 2.88. The number of carbonyl (C=O) groups is 1. The summed E-state index contributed by atoms with van der Waals surface area (Å²) in [6.45, 7) is -0.611. The first kappa shape index (κ1) is 12.1. The minimum absolute atomic E-state index is 0.305. The van der Waals surface area contributed by atoms with Crippen molar-refractivity contribution >= 4 is 21.8 Å². The van der Waals surface area contributed by atoms with Crippen LogP contribution in [0.1, 0.15) is 10.4 Å². The average Bonchev–Trinajstić information content (AvgIpc) is 2.26. The number of rotatable bonds is 4. The van der Waals surface area contributed by atoms with Gasteiger partial charge in [-0.3, -0.25) is 4.79 Å². The number of aromatic nitrogens is 1. The number of pyridine rings is 1. The summed E-state index contributed by atoms with van der Waals surface area (Å²) in [5.74, 6) is -0.386. The number of nitrogens with one attached hydrogen (secondary N) is 1. The van der Waals surface area contributed by atoms with Crippen LogP contribution in [0.3, 0.4) is 0 Å². The molecule has 1 amide bonds. The molecular weight excluding hydrogens is 264 g/mol. The summed E-state index contributed by atoms with van der Waals surface area (Å²) < 4.78 is 0.428. The molecule has 6 heteroatoms. The SMILES string of the molecule is O=C(NC(CO)CO)c1cccnc1Br. The van der Waals surface area contributed by atoms with E-state index < -0.39 is 6.04 Å². The molecule has 0 atom stereocenters. The van der Waals surface area contributed by atoms with Crippen molar-refractivity contribution in [2.75, 3.05) is 13.2 Å². The van der Waals surface area contributed by atoms with E-state index in [-0.39, 0.29) is 19.1 Å². The Bertz CT molecular complexity index is 342. The minimum atomic E-state index is -0.649. The average molecular weight is 275 g/mol. The molecule has 1 heterocycles. The van der Waals surface area contributed by atoms with Crippen LogP contribution in [0.15, 0.2) is 22.9 Å². The van der Waals surface area contributed by atoms with Gasteiger partial charge in [-0.2, -0.15) is 0 Å². The van der Waals surface area contributed by atoms with Gasteiger partial charge in [0, 0.05) is 6.20 Å². The Labute approximate surface area is 95.3 Å². The summed E-state index contributed by atoms with van der Waals surface area (Å²) in [6, 6.07) is 2.58. The first-order valence-electron chi connectivity index (χ1n) is 4.32. The molecule has 0 fully saturated rings. The predicted octanol–water partition coefficient (Wildman–Crippen LogP) is -0.0729. The third-order valence-electron chi connectivity index (χ3n) is 1.78. The second kappa shape index (κ2) is 5.79. The van der Waals surface area contributed by atoms with Gasteiger partial charge in [-0.05, 0) is 28.1 Å². The van der Waals surface area contributed by atoms with Gasteiger partial charge < -0.3 is 15.5 Å². The molecule has 1 rings (SSSR count). The summed E-state index contributed by atoms with van der Waals surface area (Å²) in [7, 11) is 0. The molecule has 1 aromatic rings. The Kier molecular flexibility index (Phi) is 4.67. The molecule has 0 radical (unpaired) electrons. The summed E-state index contributed by atoms with van der Waals surface area (Å²) in [5.41, 5.74) is 0.365. The van der Waals surface area contributed by atoms with E-state index in [0.29, 0.717) is 10.2 Å². The van der Waals surface area contributed by atoms with Crippen LogP contribution in [0, 0.1) is 0 Å². The monoisotopic (exact) mass is 274 g/mol. The topological polar surface area (TPSA) is 82.5 Å². The van der Waals surface area contributed by atoms with Crippen LogP contribution < -0.4 is 5.32 Å². The fourth-order valence-electron chi connectivity index (χ4n) is 0.968. The van der Waals surface area contributed by atoms with Crippen molar-refractivity contribution < 1.29 is 15.0 Å². The molecular formula is C9H11BrN2O3. The summed E-state index contributed by atoms with van der Waals surface area (Å²) >= 11 is 3.13. The minimum Gasteiger partial charge on any atom is -0.394 e. The molecule has 0 saturated heterocycles. The van der Waals surface area contributed by atoms with Crippen LogP contribution in [0.25, 0.3) is 0 Å². The molecule has 0 bridgehead atoms. The van der Waals surface area contributed by atoms with E-state index in [1.54, 1.807) is 18.3 Å². The van der Waals surface area contributed by atoms with Crippen molar-refractivity contribution in [1.29, 1.82) is 0 Å². The summed E-state index contributed by atoms with van der Waals surface area (Å²) in [5, 5.41) is 20.0. The van der Waals surface area contributed by atoms with Crippen LogP contribution >= 0.6 is 15.9 Å². The van der Waals surface area contributed by atoms with E-state index in [9.17, 15) is 4.79 Å². The Morgan fingerprint density at radius 2 is 2.20 bits per heavy atom. The maximum Gasteiger partial charge on any atom is 0.254 e. The fourth-order valence-corrected chi connectivity index (χ4v) is 1.40. The lowest BCUT2D eigenvalue weighted by atomic mass is 10.2. The molecule has 5 nitrogen and oxygen atoms in total. The third-order valence-corrected chi connectivity index (χ3v) is 2.41. The molecule has 3 N–H and O–H groups in total. The number of amides is 1. The van der Waals surface area contributed by atoms with Crippen LogP contribution in [0.4, 0.5) is 0 Å². The number of hydrogen-bond donors (Lipinski definition) is 3. The highest BCUT2D eigenvalue weighted by molar-refractivity contribution is 9.10. The van der Waals surface area contributed by atoms with Crippen molar-refractivity contribution in [2.45, 2.75) is 6.04 Å². The van der Waals surface area contributed by atoms with E-state index in [2.05, 4.69) is 26.2 Å². The van der Waals surface area contributed by atoms with Gasteiger partial charge in [0.2, 0.25) is 0 Å². The lowest BCUT2D eigenvalue weighted by molar-refractivity contribution is 0.0878. The first-order chi connectivity index (χ1) is 7.19. The van der Waals surface area contributed by atoms with Crippen molar-refractivity contribution in [3.05, 3.63) is 28.5 Å². The molecule has 0 saturated carbocycles. The molecule has 0 aliphatic heterocycles. The zero-order valence-electron chi connectivity index (χ0n) is 7.85. The largest absolute Gasteiger partial charge is 0.394 e. The molecule has 0 aromatic carbocycles. The van der Waals surface area contributed by atoms with Crippen LogP contribution in [0.2, 0.25) is 0 Å². The molecule has 82 valence electrons. The van der Waals surface area contributed by atoms with E-state index >= 15 is 0 Å². The van der Waals surface area contributed by atoms with Gasteiger partial charge in [-0.25, -0.2) is 4.98 Å². The third kappa shape index (κ3) is 3.26. The molecule has 0 aliphatic rings. The zero-order valence-corrected chi connectivity index (χ0v) is 9.44. The lowest BCUT2D eigenvalue weighted by Gasteiger charge is -2.13. The predicted molar refractivity (Wildman–Crippen MR) is 57.4 cm³/mol. The Hall–Kier alpha value is -0.980. The Morgan fingerprint density at radius 3 is 2.73 bits per heavy atom. The molecule has 15 heavy (non-hydrogen) atoms. The van der Waals surface area contributed by atoms with Crippen molar-refractivity contribution in [2.24, 2.45) is 0 Å². The van der Waals surface area contributed by atoms with E-state index in [4.69, 9.17) is 10.2 Å². The van der Waals surface area contributed by atoms with Crippen molar-refractivity contribution in [3.8, 4) is 0 Å². The van der Waals surface area contributed by atoms with Gasteiger partial charge >= 0.3 is 0 Å². The van der Waals surface area contributed by atoms with Gasteiger partial charge in [-0.1, -0.05) is 0 Å². The summed E-state index contributed by atoms with van der Waals surface area (Å²) in [6.07, 6.45) is 1.55. The van der Waals surface area contributed by atoms with E-state index in [1.807, 2.05) is 0 Å². The van der Waals surface area contributed by atoms with Crippen molar-refractivity contribution in [3.63, 3.8) is 0 Å². The number of carbonyl (C=O) groups excluding carboxylic acids is 1. The second-order valence-corrected chi connectivity index (χ2v) is 3.63. The Morgan fingerprint density at radius 1 is 1.53 bits per heavy atom. The maximum absolute atomic E-state index is 11.6. The fraction of sp³-hybridized carbons (Fsp3) is 0.333. The van der Waals surface area contributed by atoms with Gasteiger partial charge in [-0.15, -0.1) is 0 Å². The number of nitrogens with zero attached hydrogens (tertiary/aromatic N) is 1. The van der Waals surface area contributed by atoms with E-state index in [0.717, 1.165) is 0 Å². The highest BCUT2D eigenvalue weighted by atomic mass is 79.9. The lowest BCUT2D eigenvalue weighted by Crippen LogP contribution is -2.40. The normalized spacial score (nSPS) is 10.4. The molecule has 0 unspecified atom stereocenters. The maximum atomic E-state index is 11.6.